The van der Waals surface area contributed by atoms with Crippen molar-refractivity contribution >= 4 is 43.9 Å². The maximum absolute atomic E-state index is 13.7. The maximum Gasteiger partial charge on any atom is 0.194 e. The van der Waals surface area contributed by atoms with Gasteiger partial charge >= 0.3 is 0 Å². The lowest BCUT2D eigenvalue weighted by Crippen LogP contribution is -2.27. The highest BCUT2D eigenvalue weighted by Crippen LogP contribution is 2.64. The van der Waals surface area contributed by atoms with Gasteiger partial charge in [0.2, 0.25) is 0 Å². The van der Waals surface area contributed by atoms with Gasteiger partial charge in [-0.25, -0.2) is 0 Å². The second kappa shape index (κ2) is 8.78. The Morgan fingerprint density at radius 1 is 0.533 bits per heavy atom. The van der Waals surface area contributed by atoms with Crippen molar-refractivity contribution in [2.45, 2.75) is 70.6 Å². The Hall–Kier alpha value is -4.58. The van der Waals surface area contributed by atoms with Crippen LogP contribution in [0.25, 0.3) is 43.9 Å². The molecular weight excluding hydrogens is 564 g/mol. The van der Waals surface area contributed by atoms with Gasteiger partial charge in [0.05, 0.1) is 14.2 Å². The van der Waals surface area contributed by atoms with Gasteiger partial charge in [0.15, 0.2) is 44.7 Å². The van der Waals surface area contributed by atoms with E-state index in [-0.39, 0.29) is 27.1 Å². The largest absolute Gasteiger partial charge is 0.493 e. The van der Waals surface area contributed by atoms with Crippen molar-refractivity contribution in [3.63, 3.8) is 0 Å². The summed E-state index contributed by atoms with van der Waals surface area (Å²) in [6.07, 6.45) is 1.85. The third-order valence-corrected chi connectivity index (χ3v) is 10.7. The molecule has 0 saturated carbocycles. The number of hydrogen-bond donors (Lipinski definition) is 0. The lowest BCUT2D eigenvalue weighted by Gasteiger charge is -2.30. The summed E-state index contributed by atoms with van der Waals surface area (Å²) in [4.78, 5) is 27.3. The number of hydrogen-bond acceptors (Lipinski definition) is 6. The fraction of sp³-hybridized carbons (Fsp3) is 0.333. The Morgan fingerprint density at radius 2 is 0.889 bits per heavy atom. The number of aryl methyl sites for hydroxylation is 2. The van der Waals surface area contributed by atoms with Crippen molar-refractivity contribution < 1.29 is 18.3 Å². The number of fused-ring (bicyclic) bond motifs is 8. The molecule has 228 valence electrons. The summed E-state index contributed by atoms with van der Waals surface area (Å²) in [6, 6.07) is 15.5. The van der Waals surface area contributed by atoms with Gasteiger partial charge in [-0.05, 0) is 119 Å². The van der Waals surface area contributed by atoms with Gasteiger partial charge in [0.25, 0.3) is 0 Å². The lowest BCUT2D eigenvalue weighted by atomic mass is 9.72. The van der Waals surface area contributed by atoms with E-state index in [9.17, 15) is 9.59 Å². The zero-order valence-corrected chi connectivity index (χ0v) is 27.0. The van der Waals surface area contributed by atoms with Crippen LogP contribution in [0.15, 0.2) is 67.0 Å². The predicted octanol–water partition coefficient (Wildman–Crippen LogP) is 8.49. The summed E-state index contributed by atoms with van der Waals surface area (Å²) in [5.41, 5.74) is 8.16. The summed E-state index contributed by atoms with van der Waals surface area (Å²) < 4.78 is 24.5. The lowest BCUT2D eigenvalue weighted by molar-refractivity contribution is 0.348. The molecule has 0 bridgehead atoms. The standard InChI is InChI=1S/C39H36O6/c1-19-9-21-22(10-20(19)2)36(41)24-12-32-31(11-23(24)35(21)40)44-33-14-26-28(16-34(33)45-32)39(18-38(26,5)6)17-37(3,4)25-13-29(42-7)30(43-8)15-27(25)39/h9-16H,17-18H2,1-8H3. The molecule has 5 aromatic carbocycles. The zero-order chi connectivity index (χ0) is 31.8. The Labute approximate surface area is 260 Å². The Bertz CT molecular complexity index is 2420. The highest BCUT2D eigenvalue weighted by atomic mass is 16.5. The van der Waals surface area contributed by atoms with Crippen molar-refractivity contribution in [3.8, 4) is 11.5 Å². The minimum atomic E-state index is -0.256. The molecule has 8 rings (SSSR count). The second-order valence-corrected chi connectivity index (χ2v) is 14.5. The molecule has 2 aliphatic carbocycles. The molecule has 1 heterocycles. The molecule has 6 aromatic rings. The third-order valence-electron chi connectivity index (χ3n) is 10.7. The van der Waals surface area contributed by atoms with Crippen molar-refractivity contribution in [2.75, 3.05) is 14.2 Å². The van der Waals surface area contributed by atoms with Crippen molar-refractivity contribution in [1.29, 1.82) is 0 Å². The van der Waals surface area contributed by atoms with Crippen molar-refractivity contribution in [3.05, 3.63) is 102 Å². The third kappa shape index (κ3) is 3.62. The molecule has 1 aromatic heterocycles. The maximum atomic E-state index is 13.7. The molecule has 0 N–H and O–H groups in total. The first-order valence-corrected chi connectivity index (χ1v) is 15.5. The van der Waals surface area contributed by atoms with E-state index in [1.807, 2.05) is 26.0 Å². The molecule has 6 heteroatoms. The van der Waals surface area contributed by atoms with Gasteiger partial charge in [-0.1, -0.05) is 27.7 Å². The number of ether oxygens (including phenoxy) is 2. The highest BCUT2D eigenvalue weighted by molar-refractivity contribution is 6.03. The number of methoxy groups -OCH3 is 2. The average Bonchev–Trinajstić information content (AvgIpc) is 3.35. The summed E-state index contributed by atoms with van der Waals surface area (Å²) >= 11 is 0. The van der Waals surface area contributed by atoms with Gasteiger partial charge in [-0.3, -0.25) is 9.59 Å². The quantitative estimate of drug-likeness (QED) is 0.186. The van der Waals surface area contributed by atoms with E-state index in [2.05, 4.69) is 52.0 Å². The Balaban J connectivity index is 1.40. The number of benzene rings is 5. The first-order valence-electron chi connectivity index (χ1n) is 15.5. The Morgan fingerprint density at radius 3 is 1.36 bits per heavy atom. The van der Waals surface area contributed by atoms with E-state index in [4.69, 9.17) is 18.3 Å². The van der Waals surface area contributed by atoms with Crippen molar-refractivity contribution in [1.82, 2.24) is 0 Å². The fourth-order valence-electron chi connectivity index (χ4n) is 8.61. The molecule has 2 aliphatic rings. The van der Waals surface area contributed by atoms with Crippen molar-refractivity contribution in [2.24, 2.45) is 0 Å². The molecule has 0 amide bonds. The zero-order valence-electron chi connectivity index (χ0n) is 27.0. The van der Waals surface area contributed by atoms with Gasteiger partial charge < -0.3 is 18.3 Å². The van der Waals surface area contributed by atoms with Crippen LogP contribution < -0.4 is 20.3 Å². The van der Waals surface area contributed by atoms with E-state index in [0.29, 0.717) is 43.9 Å². The summed E-state index contributed by atoms with van der Waals surface area (Å²) in [5, 5.41) is 1.56. The molecule has 0 radical (unpaired) electrons. The van der Waals surface area contributed by atoms with Crippen LogP contribution in [0.4, 0.5) is 0 Å². The van der Waals surface area contributed by atoms with Crippen LogP contribution in [0.2, 0.25) is 0 Å². The first-order chi connectivity index (χ1) is 21.3. The van der Waals surface area contributed by atoms with Crippen LogP contribution in [0.3, 0.4) is 0 Å². The molecule has 1 atom stereocenters. The minimum Gasteiger partial charge on any atom is -0.493 e. The van der Waals surface area contributed by atoms with Crippen LogP contribution in [0, 0.1) is 13.8 Å². The topological polar surface area (TPSA) is 78.9 Å². The molecule has 0 fully saturated rings. The smallest absolute Gasteiger partial charge is 0.194 e. The molecule has 1 spiro atoms. The van der Waals surface area contributed by atoms with Gasteiger partial charge in [-0.15, -0.1) is 0 Å². The summed E-state index contributed by atoms with van der Waals surface area (Å²) in [5.74, 6) is 1.46. The van der Waals surface area contributed by atoms with E-state index >= 15 is 0 Å². The molecule has 6 nitrogen and oxygen atoms in total. The van der Waals surface area contributed by atoms with Crippen LogP contribution in [0.5, 0.6) is 11.5 Å². The highest BCUT2D eigenvalue weighted by Gasteiger charge is 2.57. The molecular formula is C39H36O6. The van der Waals surface area contributed by atoms with Crippen LogP contribution in [0.1, 0.15) is 73.9 Å². The SMILES string of the molecule is COc1cc2c(cc1OC)C1(CC2(C)C)CC(C)(C)c2cc3oc4cc5c(=O)c6cc(C)c(C)cc6c(=O)c5cc4oc3cc21. The van der Waals surface area contributed by atoms with E-state index < -0.39 is 0 Å². The van der Waals surface area contributed by atoms with Crippen LogP contribution in [-0.4, -0.2) is 14.2 Å². The average molecular weight is 601 g/mol. The second-order valence-electron chi connectivity index (χ2n) is 14.5. The van der Waals surface area contributed by atoms with Gasteiger partial charge in [0.1, 0.15) is 0 Å². The van der Waals surface area contributed by atoms with Gasteiger partial charge in [-0.2, -0.15) is 0 Å². The fourth-order valence-corrected chi connectivity index (χ4v) is 8.61. The Kier molecular flexibility index (Phi) is 5.45. The normalized spacial score (nSPS) is 19.6. The monoisotopic (exact) mass is 600 g/mol. The van der Waals surface area contributed by atoms with E-state index in [1.54, 1.807) is 26.4 Å². The summed E-state index contributed by atoms with van der Waals surface area (Å²) in [7, 11) is 3.36. The first kappa shape index (κ1) is 27.9. The molecule has 0 aliphatic heterocycles. The molecule has 45 heavy (non-hydrogen) atoms. The predicted molar refractivity (Wildman–Crippen MR) is 179 cm³/mol. The van der Waals surface area contributed by atoms with E-state index in [1.165, 1.54) is 22.3 Å². The van der Waals surface area contributed by atoms with Gasteiger partial charge in [0, 0.05) is 27.0 Å². The summed E-state index contributed by atoms with van der Waals surface area (Å²) in [6.45, 7) is 13.1. The van der Waals surface area contributed by atoms with E-state index in [0.717, 1.165) is 35.5 Å². The van der Waals surface area contributed by atoms with Crippen LogP contribution >= 0.6 is 0 Å². The number of rotatable bonds is 2. The molecule has 0 saturated heterocycles. The molecule has 1 unspecified atom stereocenters. The van der Waals surface area contributed by atoms with Crippen LogP contribution in [-0.2, 0) is 16.2 Å². The minimum absolute atomic E-state index is 0.0917.